The van der Waals surface area contributed by atoms with Gasteiger partial charge in [0.1, 0.15) is 0 Å². The molecule has 0 N–H and O–H groups in total. The molecule has 0 aliphatic rings. The third kappa shape index (κ3) is 2.97. The molecule has 0 bridgehead atoms. The number of carbonyl (C=O) groups excluding carboxylic acids is 1. The normalized spacial score (nSPS) is 10.8. The van der Waals surface area contributed by atoms with Gasteiger partial charge in [0.25, 0.3) is 0 Å². The van der Waals surface area contributed by atoms with Crippen molar-refractivity contribution in [1.29, 1.82) is 0 Å². The Balaban J connectivity index is 2.10. The summed E-state index contributed by atoms with van der Waals surface area (Å²) >= 11 is 1.68. The lowest BCUT2D eigenvalue weighted by molar-refractivity contribution is -0.305. The first-order valence-electron chi connectivity index (χ1n) is 7.16. The highest BCUT2D eigenvalue weighted by molar-refractivity contribution is 7.13. The first-order valence-corrected chi connectivity index (χ1v) is 8.04. The summed E-state index contributed by atoms with van der Waals surface area (Å²) in [5.41, 5.74) is 4.31. The van der Waals surface area contributed by atoms with Crippen LogP contribution in [0.15, 0.2) is 53.9 Å². The fourth-order valence-corrected chi connectivity index (χ4v) is 3.33. The number of thiophene rings is 1. The molecule has 0 aliphatic carbocycles. The SMILES string of the molecule is Cc1cccc(-n2c(CCC(=O)[O-])ccc2-c2cccs2)c1. The second-order valence-corrected chi connectivity index (χ2v) is 6.18. The van der Waals surface area contributed by atoms with Crippen LogP contribution < -0.4 is 5.11 Å². The fraction of sp³-hybridized carbons (Fsp3) is 0.167. The van der Waals surface area contributed by atoms with Crippen LogP contribution in [0.3, 0.4) is 0 Å². The molecule has 0 saturated carbocycles. The van der Waals surface area contributed by atoms with Gasteiger partial charge in [0, 0.05) is 17.4 Å². The van der Waals surface area contributed by atoms with Gasteiger partial charge < -0.3 is 14.5 Å². The van der Waals surface area contributed by atoms with Crippen LogP contribution in [0.2, 0.25) is 0 Å². The molecule has 0 unspecified atom stereocenters. The highest BCUT2D eigenvalue weighted by atomic mass is 32.1. The first-order chi connectivity index (χ1) is 10.6. The molecule has 0 saturated heterocycles. The van der Waals surface area contributed by atoms with Crippen molar-refractivity contribution in [3.63, 3.8) is 0 Å². The second kappa shape index (κ2) is 6.20. The summed E-state index contributed by atoms with van der Waals surface area (Å²) < 4.78 is 2.14. The fourth-order valence-electron chi connectivity index (χ4n) is 2.59. The van der Waals surface area contributed by atoms with Gasteiger partial charge in [-0.1, -0.05) is 18.2 Å². The molecular weight excluding hydrogens is 294 g/mol. The number of rotatable bonds is 5. The maximum absolute atomic E-state index is 10.8. The molecular formula is C18H16NO2S-. The summed E-state index contributed by atoms with van der Waals surface area (Å²) in [7, 11) is 0. The van der Waals surface area contributed by atoms with E-state index in [-0.39, 0.29) is 6.42 Å². The largest absolute Gasteiger partial charge is 0.550 e. The van der Waals surface area contributed by atoms with E-state index in [1.807, 2.05) is 29.6 Å². The number of carboxylic acid groups (broad SMARTS) is 1. The van der Waals surface area contributed by atoms with Gasteiger partial charge in [0.2, 0.25) is 0 Å². The average Bonchev–Trinajstić information content (AvgIpc) is 3.14. The van der Waals surface area contributed by atoms with Gasteiger partial charge in [0.05, 0.1) is 10.6 Å². The number of nitrogens with zero attached hydrogens (tertiary/aromatic N) is 1. The van der Waals surface area contributed by atoms with E-state index >= 15 is 0 Å². The van der Waals surface area contributed by atoms with Crippen LogP contribution in [0.5, 0.6) is 0 Å². The van der Waals surface area contributed by atoms with Crippen molar-refractivity contribution in [3.8, 4) is 16.3 Å². The maximum atomic E-state index is 10.8. The van der Waals surface area contributed by atoms with E-state index in [1.165, 1.54) is 10.4 Å². The minimum absolute atomic E-state index is 0.0275. The summed E-state index contributed by atoms with van der Waals surface area (Å²) in [5.74, 6) is -1.02. The van der Waals surface area contributed by atoms with E-state index in [2.05, 4.69) is 35.8 Å². The zero-order valence-corrected chi connectivity index (χ0v) is 13.1. The molecule has 2 heterocycles. The highest BCUT2D eigenvalue weighted by Gasteiger charge is 2.12. The maximum Gasteiger partial charge on any atom is 0.0631 e. The molecule has 3 aromatic rings. The Morgan fingerprint density at radius 1 is 1.18 bits per heavy atom. The minimum atomic E-state index is -1.02. The number of benzene rings is 1. The number of carboxylic acids is 1. The van der Waals surface area contributed by atoms with Gasteiger partial charge in [-0.2, -0.15) is 0 Å². The van der Waals surface area contributed by atoms with Crippen molar-refractivity contribution in [2.45, 2.75) is 19.8 Å². The Hall–Kier alpha value is -2.33. The quantitative estimate of drug-likeness (QED) is 0.726. The standard InChI is InChI=1S/C18H17NO2S/c1-13-4-2-5-15(12-13)19-14(8-10-18(20)21)7-9-16(19)17-6-3-11-22-17/h2-7,9,11-12H,8,10H2,1H3,(H,20,21)/p-1. The number of aryl methyl sites for hydroxylation is 2. The Kier molecular flexibility index (Phi) is 4.11. The molecule has 112 valence electrons. The molecule has 2 aromatic heterocycles. The smallest absolute Gasteiger partial charge is 0.0631 e. The zero-order chi connectivity index (χ0) is 15.5. The van der Waals surface area contributed by atoms with Crippen LogP contribution in [-0.4, -0.2) is 10.5 Å². The molecule has 0 atom stereocenters. The molecule has 1 aromatic carbocycles. The Morgan fingerprint density at radius 3 is 2.73 bits per heavy atom. The summed E-state index contributed by atoms with van der Waals surface area (Å²) in [6.45, 7) is 2.05. The van der Waals surface area contributed by atoms with Crippen LogP contribution in [0.25, 0.3) is 16.3 Å². The molecule has 3 nitrogen and oxygen atoms in total. The Labute approximate surface area is 133 Å². The van der Waals surface area contributed by atoms with Crippen molar-refractivity contribution >= 4 is 17.3 Å². The summed E-state index contributed by atoms with van der Waals surface area (Å²) in [4.78, 5) is 12.0. The van der Waals surface area contributed by atoms with Crippen LogP contribution in [0.4, 0.5) is 0 Å². The van der Waals surface area contributed by atoms with Crippen molar-refractivity contribution in [2.24, 2.45) is 0 Å². The van der Waals surface area contributed by atoms with Gasteiger partial charge in [-0.05, 0) is 61.0 Å². The molecule has 3 rings (SSSR count). The van der Waals surface area contributed by atoms with Gasteiger partial charge in [-0.3, -0.25) is 0 Å². The second-order valence-electron chi connectivity index (χ2n) is 5.23. The molecule has 4 heteroatoms. The number of aliphatic carboxylic acids is 1. The summed E-state index contributed by atoms with van der Waals surface area (Å²) in [6, 6.07) is 16.4. The van der Waals surface area contributed by atoms with E-state index in [4.69, 9.17) is 0 Å². The summed E-state index contributed by atoms with van der Waals surface area (Å²) in [6.07, 6.45) is 0.487. The van der Waals surface area contributed by atoms with E-state index in [9.17, 15) is 9.90 Å². The number of aromatic nitrogens is 1. The molecule has 0 radical (unpaired) electrons. The van der Waals surface area contributed by atoms with Gasteiger partial charge in [-0.25, -0.2) is 0 Å². The zero-order valence-electron chi connectivity index (χ0n) is 12.3. The first kappa shape index (κ1) is 14.6. The Bertz CT molecular complexity index is 787. The number of hydrogen-bond acceptors (Lipinski definition) is 3. The minimum Gasteiger partial charge on any atom is -0.550 e. The monoisotopic (exact) mass is 310 g/mol. The molecule has 0 spiro atoms. The third-order valence-corrected chi connectivity index (χ3v) is 4.47. The van der Waals surface area contributed by atoms with Crippen molar-refractivity contribution < 1.29 is 9.90 Å². The van der Waals surface area contributed by atoms with Gasteiger partial charge in [0.15, 0.2) is 0 Å². The molecule has 0 amide bonds. The van der Waals surface area contributed by atoms with E-state index in [0.29, 0.717) is 6.42 Å². The number of carbonyl (C=O) groups is 1. The van der Waals surface area contributed by atoms with E-state index in [1.54, 1.807) is 11.3 Å². The molecule has 0 aliphatic heterocycles. The van der Waals surface area contributed by atoms with Crippen LogP contribution >= 0.6 is 11.3 Å². The molecule has 0 fully saturated rings. The molecule has 22 heavy (non-hydrogen) atoms. The number of hydrogen-bond donors (Lipinski definition) is 0. The van der Waals surface area contributed by atoms with Crippen LogP contribution in [0.1, 0.15) is 17.7 Å². The predicted octanol–water partition coefficient (Wildman–Crippen LogP) is 3.20. The lowest BCUT2D eigenvalue weighted by Gasteiger charge is -2.14. The lowest BCUT2D eigenvalue weighted by Crippen LogP contribution is -2.22. The highest BCUT2D eigenvalue weighted by Crippen LogP contribution is 2.30. The van der Waals surface area contributed by atoms with Gasteiger partial charge >= 0.3 is 0 Å². The van der Waals surface area contributed by atoms with Crippen LogP contribution in [-0.2, 0) is 11.2 Å². The average molecular weight is 310 g/mol. The summed E-state index contributed by atoms with van der Waals surface area (Å²) in [5, 5.41) is 12.8. The van der Waals surface area contributed by atoms with Crippen molar-refractivity contribution in [3.05, 3.63) is 65.2 Å². The van der Waals surface area contributed by atoms with E-state index in [0.717, 1.165) is 17.1 Å². The Morgan fingerprint density at radius 2 is 2.05 bits per heavy atom. The predicted molar refractivity (Wildman–Crippen MR) is 87.1 cm³/mol. The third-order valence-electron chi connectivity index (χ3n) is 3.58. The van der Waals surface area contributed by atoms with Gasteiger partial charge in [-0.15, -0.1) is 11.3 Å². The van der Waals surface area contributed by atoms with Crippen molar-refractivity contribution in [2.75, 3.05) is 0 Å². The topological polar surface area (TPSA) is 45.1 Å². The lowest BCUT2D eigenvalue weighted by atomic mass is 10.2. The van der Waals surface area contributed by atoms with Crippen molar-refractivity contribution in [1.82, 2.24) is 4.57 Å². The van der Waals surface area contributed by atoms with E-state index < -0.39 is 5.97 Å². The van der Waals surface area contributed by atoms with Crippen LogP contribution in [0, 0.1) is 6.92 Å².